The molecule has 0 spiro atoms. The predicted octanol–water partition coefficient (Wildman–Crippen LogP) is 3.20. The number of aryl methyl sites for hydroxylation is 1. The van der Waals surface area contributed by atoms with Crippen LogP contribution in [0, 0.1) is 19.3 Å². The van der Waals surface area contributed by atoms with Crippen LogP contribution in [-0.2, 0) is 0 Å². The lowest BCUT2D eigenvalue weighted by Crippen LogP contribution is -2.41. The Morgan fingerprint density at radius 1 is 1.44 bits per heavy atom. The van der Waals surface area contributed by atoms with Gasteiger partial charge in [-0.2, -0.15) is 0 Å². The molecule has 1 aromatic rings. The smallest absolute Gasteiger partial charge is 0.0545 e. The average molecular weight is 259 g/mol. The molecule has 0 radical (unpaired) electrons. The molecule has 2 rings (SSSR count). The molecular weight excluding hydrogens is 238 g/mol. The number of hydrogen-bond acceptors (Lipinski definition) is 2. The quantitative estimate of drug-likeness (QED) is 0.622. The highest BCUT2D eigenvalue weighted by Gasteiger charge is 2.29. The second-order valence-corrected chi connectivity index (χ2v) is 6.10. The van der Waals surface area contributed by atoms with E-state index in [4.69, 9.17) is 6.42 Å². The molecule has 96 valence electrons. The molecule has 0 atom stereocenters. The summed E-state index contributed by atoms with van der Waals surface area (Å²) in [5.41, 5.74) is 2.88. The molecule has 1 aromatic carbocycles. The monoisotopic (exact) mass is 259 g/mol. The van der Waals surface area contributed by atoms with Gasteiger partial charge in [0, 0.05) is 18.3 Å². The Kier molecular flexibility index (Phi) is 5.16. The fourth-order valence-corrected chi connectivity index (χ4v) is 2.97. The summed E-state index contributed by atoms with van der Waals surface area (Å²) in [6.07, 6.45) is 7.77. The van der Waals surface area contributed by atoms with Crippen molar-refractivity contribution >= 4 is 11.8 Å². The van der Waals surface area contributed by atoms with Gasteiger partial charge in [0.25, 0.3) is 0 Å². The van der Waals surface area contributed by atoms with E-state index in [-0.39, 0.29) is 0 Å². The van der Waals surface area contributed by atoms with Crippen LogP contribution in [0.3, 0.4) is 0 Å². The minimum absolute atomic E-state index is 0.710. The van der Waals surface area contributed by atoms with Crippen molar-refractivity contribution in [1.82, 2.24) is 5.32 Å². The zero-order valence-electron chi connectivity index (χ0n) is 11.0. The SMILES string of the molecule is C#CCSCCNC1CC(c2cccc(C)c2)C1. The Hall–Kier alpha value is -0.910. The van der Waals surface area contributed by atoms with Crippen molar-refractivity contribution in [2.75, 3.05) is 18.1 Å². The van der Waals surface area contributed by atoms with Crippen LogP contribution < -0.4 is 5.32 Å². The lowest BCUT2D eigenvalue weighted by molar-refractivity contribution is 0.296. The maximum atomic E-state index is 5.21. The van der Waals surface area contributed by atoms with Crippen LogP contribution in [0.25, 0.3) is 0 Å². The molecular formula is C16H21NS. The fraction of sp³-hybridized carbons (Fsp3) is 0.500. The molecule has 0 bridgehead atoms. The molecule has 0 aromatic heterocycles. The summed E-state index contributed by atoms with van der Waals surface area (Å²) >= 11 is 1.83. The van der Waals surface area contributed by atoms with Gasteiger partial charge in [-0.3, -0.25) is 0 Å². The lowest BCUT2D eigenvalue weighted by atomic mass is 9.75. The van der Waals surface area contributed by atoms with Gasteiger partial charge in [-0.1, -0.05) is 35.7 Å². The number of benzene rings is 1. The van der Waals surface area contributed by atoms with Crippen molar-refractivity contribution in [3.05, 3.63) is 35.4 Å². The summed E-state index contributed by atoms with van der Waals surface area (Å²) in [5.74, 6) is 5.37. The first-order valence-corrected chi connectivity index (χ1v) is 7.76. The van der Waals surface area contributed by atoms with E-state index >= 15 is 0 Å². The molecule has 1 N–H and O–H groups in total. The first kappa shape index (κ1) is 13.5. The zero-order chi connectivity index (χ0) is 12.8. The van der Waals surface area contributed by atoms with E-state index in [1.807, 2.05) is 11.8 Å². The van der Waals surface area contributed by atoms with Gasteiger partial charge in [0.15, 0.2) is 0 Å². The average Bonchev–Trinajstić information content (AvgIpc) is 2.31. The van der Waals surface area contributed by atoms with Gasteiger partial charge >= 0.3 is 0 Å². The minimum Gasteiger partial charge on any atom is -0.313 e. The zero-order valence-corrected chi connectivity index (χ0v) is 11.8. The van der Waals surface area contributed by atoms with Crippen LogP contribution in [0.5, 0.6) is 0 Å². The van der Waals surface area contributed by atoms with Crippen molar-refractivity contribution in [3.8, 4) is 12.3 Å². The molecule has 1 nitrogen and oxygen atoms in total. The van der Waals surface area contributed by atoms with Gasteiger partial charge in [-0.05, 0) is 31.2 Å². The fourth-order valence-electron chi connectivity index (χ4n) is 2.45. The number of rotatable bonds is 6. The Balaban J connectivity index is 1.64. The summed E-state index contributed by atoms with van der Waals surface area (Å²) in [5, 5.41) is 3.60. The first-order chi connectivity index (χ1) is 8.79. The molecule has 0 unspecified atom stereocenters. The second kappa shape index (κ2) is 6.87. The maximum Gasteiger partial charge on any atom is 0.0545 e. The second-order valence-electron chi connectivity index (χ2n) is 4.99. The van der Waals surface area contributed by atoms with Crippen LogP contribution in [0.4, 0.5) is 0 Å². The third-order valence-electron chi connectivity index (χ3n) is 3.52. The summed E-state index contributed by atoms with van der Waals surface area (Å²) in [6, 6.07) is 9.63. The Labute approximate surface area is 115 Å². The van der Waals surface area contributed by atoms with E-state index in [2.05, 4.69) is 42.4 Å². The normalized spacial score (nSPS) is 22.2. The molecule has 1 fully saturated rings. The Morgan fingerprint density at radius 3 is 3.00 bits per heavy atom. The summed E-state index contributed by atoms with van der Waals surface area (Å²) < 4.78 is 0. The highest BCUT2D eigenvalue weighted by atomic mass is 32.2. The Bertz CT molecular complexity index is 415. The van der Waals surface area contributed by atoms with Crippen molar-refractivity contribution in [2.45, 2.75) is 31.7 Å². The van der Waals surface area contributed by atoms with Crippen LogP contribution in [0.15, 0.2) is 24.3 Å². The summed E-state index contributed by atoms with van der Waals surface area (Å²) in [6.45, 7) is 3.25. The topological polar surface area (TPSA) is 12.0 Å². The third-order valence-corrected chi connectivity index (χ3v) is 4.38. The molecule has 0 saturated heterocycles. The van der Waals surface area contributed by atoms with Gasteiger partial charge in [0.05, 0.1) is 5.75 Å². The Morgan fingerprint density at radius 2 is 2.28 bits per heavy atom. The maximum absolute atomic E-state index is 5.21. The molecule has 0 heterocycles. The van der Waals surface area contributed by atoms with Gasteiger partial charge in [0.1, 0.15) is 0 Å². The lowest BCUT2D eigenvalue weighted by Gasteiger charge is -2.36. The highest BCUT2D eigenvalue weighted by Crippen LogP contribution is 2.36. The molecule has 18 heavy (non-hydrogen) atoms. The van der Waals surface area contributed by atoms with E-state index in [9.17, 15) is 0 Å². The number of hydrogen-bond donors (Lipinski definition) is 1. The van der Waals surface area contributed by atoms with Crippen LogP contribution >= 0.6 is 11.8 Å². The largest absolute Gasteiger partial charge is 0.313 e. The molecule has 1 aliphatic carbocycles. The first-order valence-electron chi connectivity index (χ1n) is 6.60. The highest BCUT2D eigenvalue weighted by molar-refractivity contribution is 7.99. The standard InChI is InChI=1S/C16H21NS/c1-3-8-18-9-7-17-16-11-15(12-16)14-6-4-5-13(2)10-14/h1,4-6,10,15-17H,7-9,11-12H2,2H3. The van der Waals surface area contributed by atoms with Gasteiger partial charge in [0.2, 0.25) is 0 Å². The van der Waals surface area contributed by atoms with Crippen LogP contribution in [-0.4, -0.2) is 24.1 Å². The summed E-state index contributed by atoms with van der Waals surface area (Å²) in [7, 11) is 0. The number of thioether (sulfide) groups is 1. The third kappa shape index (κ3) is 3.80. The van der Waals surface area contributed by atoms with E-state index < -0.39 is 0 Å². The predicted molar refractivity (Wildman–Crippen MR) is 81.1 cm³/mol. The molecule has 0 aliphatic heterocycles. The molecule has 1 saturated carbocycles. The van der Waals surface area contributed by atoms with Crippen molar-refractivity contribution in [3.63, 3.8) is 0 Å². The molecule has 0 amide bonds. The van der Waals surface area contributed by atoms with E-state index in [0.29, 0.717) is 6.04 Å². The van der Waals surface area contributed by atoms with Gasteiger partial charge < -0.3 is 5.32 Å². The number of nitrogens with one attached hydrogen (secondary N) is 1. The van der Waals surface area contributed by atoms with Crippen LogP contribution in [0.2, 0.25) is 0 Å². The van der Waals surface area contributed by atoms with Crippen molar-refractivity contribution in [1.29, 1.82) is 0 Å². The molecule has 1 aliphatic rings. The van der Waals surface area contributed by atoms with Gasteiger partial charge in [-0.25, -0.2) is 0 Å². The van der Waals surface area contributed by atoms with E-state index in [1.165, 1.54) is 24.0 Å². The van der Waals surface area contributed by atoms with Crippen LogP contribution in [0.1, 0.15) is 29.9 Å². The molecule has 2 heteroatoms. The van der Waals surface area contributed by atoms with Crippen molar-refractivity contribution in [2.24, 2.45) is 0 Å². The van der Waals surface area contributed by atoms with E-state index in [1.54, 1.807) is 0 Å². The number of terminal acetylenes is 1. The van der Waals surface area contributed by atoms with Crippen molar-refractivity contribution < 1.29 is 0 Å². The van der Waals surface area contributed by atoms with Gasteiger partial charge in [-0.15, -0.1) is 18.2 Å². The summed E-state index contributed by atoms with van der Waals surface area (Å²) in [4.78, 5) is 0. The minimum atomic E-state index is 0.710. The van der Waals surface area contributed by atoms with E-state index in [0.717, 1.165) is 24.0 Å².